The number of pyridine rings is 1. The molecular weight excluding hydrogens is 679 g/mol. The molecule has 1 saturated heterocycles. The SMILES string of the molecule is COc1nc(N2CCN(C(=O)OC(C)(C)C)[C@@H](CC#N)C2)c2cnc(-c3cccc4ccc(F)c(C#C[Si](C(C)C)(C(C)C)C(C)C)c34)c(F)c2n1. The number of carbonyl (C=O) groups excluding carboxylic acids is 1. The molecule has 2 aromatic carbocycles. The van der Waals surface area contributed by atoms with E-state index in [9.17, 15) is 10.1 Å². The number of benzene rings is 2. The molecule has 5 rings (SSSR count). The Balaban J connectivity index is 1.65. The highest BCUT2D eigenvalue weighted by Crippen LogP contribution is 2.42. The van der Waals surface area contributed by atoms with Crippen LogP contribution in [0, 0.1) is 34.4 Å². The predicted molar refractivity (Wildman–Crippen MR) is 204 cm³/mol. The lowest BCUT2D eigenvalue weighted by molar-refractivity contribution is 0.0145. The first-order chi connectivity index (χ1) is 24.5. The van der Waals surface area contributed by atoms with Crippen LogP contribution in [0.2, 0.25) is 16.6 Å². The second kappa shape index (κ2) is 15.0. The molecule has 9 nitrogen and oxygen atoms in total. The van der Waals surface area contributed by atoms with E-state index in [4.69, 9.17) is 9.47 Å². The van der Waals surface area contributed by atoms with Crippen molar-refractivity contribution in [2.75, 3.05) is 31.6 Å². The van der Waals surface area contributed by atoms with Crippen LogP contribution in [-0.2, 0) is 4.74 Å². The summed E-state index contributed by atoms with van der Waals surface area (Å²) >= 11 is 0. The van der Waals surface area contributed by atoms with Crippen LogP contribution < -0.4 is 9.64 Å². The Bertz CT molecular complexity index is 2080. The summed E-state index contributed by atoms with van der Waals surface area (Å²) in [5.41, 5.74) is 4.56. The van der Waals surface area contributed by atoms with Crippen LogP contribution in [0.25, 0.3) is 32.9 Å². The molecule has 4 aromatic rings. The molecular formula is C40H48F2N6O3Si. The number of hydrogen-bond acceptors (Lipinski definition) is 8. The minimum Gasteiger partial charge on any atom is -0.467 e. The maximum atomic E-state index is 16.9. The Morgan fingerprint density at radius 2 is 1.73 bits per heavy atom. The zero-order chi connectivity index (χ0) is 38.1. The number of anilines is 1. The van der Waals surface area contributed by atoms with Gasteiger partial charge in [0.25, 0.3) is 0 Å². The number of fused-ring (bicyclic) bond motifs is 2. The Kier molecular flexibility index (Phi) is 11.1. The molecule has 0 aliphatic carbocycles. The number of rotatable bonds is 7. The fourth-order valence-corrected chi connectivity index (χ4v) is 12.9. The summed E-state index contributed by atoms with van der Waals surface area (Å²) in [7, 11) is -0.829. The Hall–Kier alpha value is -4.81. The monoisotopic (exact) mass is 726 g/mol. The van der Waals surface area contributed by atoms with Crippen molar-refractivity contribution in [2.45, 2.75) is 97.0 Å². The third kappa shape index (κ3) is 7.27. The fourth-order valence-electron chi connectivity index (χ4n) is 7.71. The number of hydrogen-bond donors (Lipinski definition) is 0. The van der Waals surface area contributed by atoms with Crippen LogP contribution in [0.4, 0.5) is 19.4 Å². The molecule has 0 saturated carbocycles. The molecule has 0 N–H and O–H groups in total. The minimum atomic E-state index is -2.23. The van der Waals surface area contributed by atoms with Gasteiger partial charge in [0.2, 0.25) is 0 Å². The molecule has 0 bridgehead atoms. The molecule has 1 aliphatic heterocycles. The molecule has 0 radical (unpaired) electrons. The highest BCUT2D eigenvalue weighted by Gasteiger charge is 2.42. The van der Waals surface area contributed by atoms with Crippen molar-refractivity contribution in [1.82, 2.24) is 19.9 Å². The summed E-state index contributed by atoms with van der Waals surface area (Å²) in [6.07, 6.45) is 1.07. The van der Waals surface area contributed by atoms with Crippen molar-refractivity contribution < 1.29 is 23.0 Å². The van der Waals surface area contributed by atoms with E-state index >= 15 is 8.78 Å². The first-order valence-electron chi connectivity index (χ1n) is 17.8. The van der Waals surface area contributed by atoms with Crippen LogP contribution in [0.1, 0.15) is 74.3 Å². The predicted octanol–water partition coefficient (Wildman–Crippen LogP) is 9.04. The number of amides is 1. The maximum absolute atomic E-state index is 16.9. The summed E-state index contributed by atoms with van der Waals surface area (Å²) in [4.78, 5) is 30.1. The zero-order valence-electron chi connectivity index (χ0n) is 31.8. The van der Waals surface area contributed by atoms with Crippen molar-refractivity contribution in [3.05, 3.63) is 53.7 Å². The van der Waals surface area contributed by atoms with Crippen molar-refractivity contribution in [1.29, 1.82) is 5.26 Å². The van der Waals surface area contributed by atoms with Crippen molar-refractivity contribution >= 4 is 41.7 Å². The second-order valence-corrected chi connectivity index (χ2v) is 20.9. The van der Waals surface area contributed by atoms with Gasteiger partial charge in [0.1, 0.15) is 36.5 Å². The number of nitrogens with zero attached hydrogens (tertiary/aromatic N) is 6. The molecule has 3 heterocycles. The van der Waals surface area contributed by atoms with E-state index in [2.05, 4.69) is 74.0 Å². The van der Waals surface area contributed by atoms with Gasteiger partial charge in [0.05, 0.1) is 36.6 Å². The smallest absolute Gasteiger partial charge is 0.410 e. The van der Waals surface area contributed by atoms with Gasteiger partial charge in [-0.3, -0.25) is 4.98 Å². The summed E-state index contributed by atoms with van der Waals surface area (Å²) in [5, 5.41) is 11.1. The van der Waals surface area contributed by atoms with E-state index in [1.165, 1.54) is 19.4 Å². The van der Waals surface area contributed by atoms with Crippen molar-refractivity contribution in [2.24, 2.45) is 0 Å². The first kappa shape index (κ1) is 38.4. The van der Waals surface area contributed by atoms with Gasteiger partial charge in [-0.05, 0) is 48.8 Å². The Labute approximate surface area is 306 Å². The molecule has 0 spiro atoms. The molecule has 1 aliphatic rings. The van der Waals surface area contributed by atoms with E-state index in [0.717, 1.165) is 0 Å². The number of nitriles is 1. The van der Waals surface area contributed by atoms with Crippen LogP contribution in [0.3, 0.4) is 0 Å². The van der Waals surface area contributed by atoms with Gasteiger partial charge in [-0.15, -0.1) is 5.54 Å². The Morgan fingerprint density at radius 1 is 1.04 bits per heavy atom. The molecule has 274 valence electrons. The zero-order valence-corrected chi connectivity index (χ0v) is 32.8. The number of ether oxygens (including phenoxy) is 2. The van der Waals surface area contributed by atoms with Gasteiger partial charge in [-0.25, -0.2) is 13.6 Å². The molecule has 2 aromatic heterocycles. The summed E-state index contributed by atoms with van der Waals surface area (Å²) < 4.78 is 43.8. The minimum absolute atomic E-state index is 0.00404. The molecule has 1 amide bonds. The largest absolute Gasteiger partial charge is 0.467 e. The van der Waals surface area contributed by atoms with Crippen LogP contribution in [-0.4, -0.2) is 72.4 Å². The fraction of sp³-hybridized carbons (Fsp3) is 0.475. The lowest BCUT2D eigenvalue weighted by atomic mass is 9.96. The van der Waals surface area contributed by atoms with Crippen molar-refractivity contribution in [3.63, 3.8) is 0 Å². The standard InChI is InChI=1S/C40H48F2N6O3Si/c1-24(2)52(25(3)4,26(5)6)21-17-29-32(41)15-14-27-12-11-13-30(33(27)29)35-34(42)36-31(22-44-35)37(46-38(45-36)50-10)47-19-20-48(28(23-47)16-18-43)39(49)51-40(7,8)9/h11-15,22,24-26,28H,16,19-20,23H2,1-10H3/t28-/m0/s1. The second-order valence-electron chi connectivity index (χ2n) is 15.3. The van der Waals surface area contributed by atoms with E-state index in [1.54, 1.807) is 43.9 Å². The van der Waals surface area contributed by atoms with E-state index in [-0.39, 0.29) is 42.3 Å². The number of carbonyl (C=O) groups is 1. The number of halogens is 2. The number of methoxy groups -OCH3 is 1. The highest BCUT2D eigenvalue weighted by atomic mass is 28.3. The lowest BCUT2D eigenvalue weighted by Gasteiger charge is -2.41. The normalized spacial score (nSPS) is 15.3. The average Bonchev–Trinajstić information content (AvgIpc) is 3.07. The number of aromatic nitrogens is 3. The van der Waals surface area contributed by atoms with E-state index in [0.29, 0.717) is 50.7 Å². The molecule has 1 fully saturated rings. The lowest BCUT2D eigenvalue weighted by Crippen LogP contribution is -2.56. The number of piperazine rings is 1. The first-order valence-corrected chi connectivity index (χ1v) is 20.0. The molecule has 0 unspecified atom stereocenters. The van der Waals surface area contributed by atoms with Gasteiger partial charge >= 0.3 is 12.1 Å². The van der Waals surface area contributed by atoms with E-state index in [1.807, 2.05) is 11.0 Å². The van der Waals surface area contributed by atoms with Gasteiger partial charge in [-0.1, -0.05) is 71.7 Å². The molecule has 52 heavy (non-hydrogen) atoms. The quantitative estimate of drug-likeness (QED) is 0.137. The van der Waals surface area contributed by atoms with Crippen LogP contribution >= 0.6 is 0 Å². The van der Waals surface area contributed by atoms with E-state index < -0.39 is 37.4 Å². The topological polar surface area (TPSA) is 104 Å². The van der Waals surface area contributed by atoms with Gasteiger partial charge in [0.15, 0.2) is 5.82 Å². The van der Waals surface area contributed by atoms with Crippen molar-refractivity contribution in [3.8, 4) is 34.8 Å². The summed E-state index contributed by atoms with van der Waals surface area (Å²) in [6.45, 7) is 19.4. The van der Waals surface area contributed by atoms with Crippen LogP contribution in [0.5, 0.6) is 6.01 Å². The summed E-state index contributed by atoms with van der Waals surface area (Å²) in [5.74, 6) is 2.46. The molecule has 1 atom stereocenters. The third-order valence-electron chi connectivity index (χ3n) is 10.1. The molecule has 12 heteroatoms. The van der Waals surface area contributed by atoms with Gasteiger partial charge in [0, 0.05) is 36.8 Å². The van der Waals surface area contributed by atoms with Crippen LogP contribution in [0.15, 0.2) is 36.5 Å². The van der Waals surface area contributed by atoms with Gasteiger partial charge in [-0.2, -0.15) is 15.2 Å². The maximum Gasteiger partial charge on any atom is 0.410 e. The highest BCUT2D eigenvalue weighted by molar-refractivity contribution is 6.90. The Morgan fingerprint density at radius 3 is 2.35 bits per heavy atom. The van der Waals surface area contributed by atoms with Gasteiger partial charge < -0.3 is 19.3 Å². The summed E-state index contributed by atoms with van der Waals surface area (Å²) in [6, 6.07) is 10.1. The third-order valence-corrected chi connectivity index (χ3v) is 16.4. The average molecular weight is 727 g/mol.